The molecule has 7 heteroatoms. The lowest BCUT2D eigenvalue weighted by molar-refractivity contribution is 0.0452. The van der Waals surface area contributed by atoms with E-state index in [2.05, 4.69) is 5.32 Å². The molecule has 1 atom stereocenters. The molecule has 2 aliphatic rings. The van der Waals surface area contributed by atoms with E-state index in [-0.39, 0.29) is 11.9 Å². The summed E-state index contributed by atoms with van der Waals surface area (Å²) in [5, 5.41) is 2.86. The Hall–Kier alpha value is -2.44. The molecular formula is C19H26N2O5. The van der Waals surface area contributed by atoms with E-state index in [1.165, 1.54) is 0 Å². The van der Waals surface area contributed by atoms with Crippen LogP contribution >= 0.6 is 0 Å². The first-order valence-electron chi connectivity index (χ1n) is 9.00. The van der Waals surface area contributed by atoms with Gasteiger partial charge in [0.1, 0.15) is 18.8 Å². The second-order valence-corrected chi connectivity index (χ2v) is 7.59. The average Bonchev–Trinajstić information content (AvgIpc) is 2.59. The van der Waals surface area contributed by atoms with Gasteiger partial charge in [-0.3, -0.25) is 4.79 Å². The fourth-order valence-electron chi connectivity index (χ4n) is 3.11. The van der Waals surface area contributed by atoms with Gasteiger partial charge in [-0.15, -0.1) is 0 Å². The topological polar surface area (TPSA) is 77.1 Å². The monoisotopic (exact) mass is 362 g/mol. The summed E-state index contributed by atoms with van der Waals surface area (Å²) in [6.45, 7) is 7.61. The van der Waals surface area contributed by atoms with Gasteiger partial charge in [-0.2, -0.15) is 0 Å². The molecule has 0 aromatic heterocycles. The summed E-state index contributed by atoms with van der Waals surface area (Å²) in [7, 11) is 0. The van der Waals surface area contributed by atoms with E-state index in [1.807, 2.05) is 20.8 Å². The van der Waals surface area contributed by atoms with Crippen molar-refractivity contribution in [2.24, 2.45) is 0 Å². The second-order valence-electron chi connectivity index (χ2n) is 7.59. The van der Waals surface area contributed by atoms with E-state index < -0.39 is 11.7 Å². The van der Waals surface area contributed by atoms with Crippen LogP contribution in [0.15, 0.2) is 18.2 Å². The van der Waals surface area contributed by atoms with E-state index in [0.717, 1.165) is 12.8 Å². The molecule has 0 saturated carbocycles. The van der Waals surface area contributed by atoms with Crippen LogP contribution in [0.4, 0.5) is 4.79 Å². The molecule has 0 radical (unpaired) electrons. The Morgan fingerprint density at radius 1 is 1.19 bits per heavy atom. The van der Waals surface area contributed by atoms with Crippen molar-refractivity contribution in [3.63, 3.8) is 0 Å². The van der Waals surface area contributed by atoms with Crippen molar-refractivity contribution in [2.75, 3.05) is 26.3 Å². The van der Waals surface area contributed by atoms with Crippen LogP contribution in [-0.4, -0.2) is 54.8 Å². The number of carbonyl (C=O) groups is 2. The highest BCUT2D eigenvalue weighted by Gasteiger charge is 2.28. The van der Waals surface area contributed by atoms with Gasteiger partial charge >= 0.3 is 6.09 Å². The molecule has 3 rings (SSSR count). The summed E-state index contributed by atoms with van der Waals surface area (Å²) >= 11 is 0. The molecule has 0 bridgehead atoms. The van der Waals surface area contributed by atoms with Crippen LogP contribution in [0.25, 0.3) is 0 Å². The Labute approximate surface area is 153 Å². The molecule has 2 amide bonds. The molecule has 1 saturated heterocycles. The largest absolute Gasteiger partial charge is 0.486 e. The quantitative estimate of drug-likeness (QED) is 0.875. The lowest BCUT2D eigenvalue weighted by Gasteiger charge is -2.33. The maximum atomic E-state index is 12.8. The van der Waals surface area contributed by atoms with E-state index in [0.29, 0.717) is 43.4 Å². The molecule has 7 nitrogen and oxygen atoms in total. The van der Waals surface area contributed by atoms with Crippen molar-refractivity contribution in [1.29, 1.82) is 0 Å². The van der Waals surface area contributed by atoms with Crippen LogP contribution in [0.1, 0.15) is 44.0 Å². The number of alkyl carbamates (subject to hydrolysis) is 1. The van der Waals surface area contributed by atoms with Gasteiger partial charge in [0.25, 0.3) is 5.91 Å². The third kappa shape index (κ3) is 4.59. The molecular weight excluding hydrogens is 336 g/mol. The van der Waals surface area contributed by atoms with E-state index in [1.54, 1.807) is 23.1 Å². The zero-order valence-electron chi connectivity index (χ0n) is 15.5. The fourth-order valence-corrected chi connectivity index (χ4v) is 3.11. The minimum absolute atomic E-state index is 0.0716. The Morgan fingerprint density at radius 3 is 2.65 bits per heavy atom. The molecule has 0 aliphatic carbocycles. The first-order valence-corrected chi connectivity index (χ1v) is 9.00. The molecule has 142 valence electrons. The van der Waals surface area contributed by atoms with Crippen molar-refractivity contribution in [3.8, 4) is 11.5 Å². The average molecular weight is 362 g/mol. The molecule has 2 heterocycles. The molecule has 1 fully saturated rings. The molecule has 1 aromatic rings. The zero-order chi connectivity index (χ0) is 18.7. The number of benzene rings is 1. The minimum atomic E-state index is -0.542. The smallest absolute Gasteiger partial charge is 0.407 e. The van der Waals surface area contributed by atoms with Gasteiger partial charge in [-0.1, -0.05) is 0 Å². The van der Waals surface area contributed by atoms with Crippen LogP contribution < -0.4 is 14.8 Å². The number of piperidine rings is 1. The number of carbonyl (C=O) groups excluding carboxylic acids is 2. The second kappa shape index (κ2) is 7.43. The van der Waals surface area contributed by atoms with E-state index >= 15 is 0 Å². The number of likely N-dealkylation sites (tertiary alicyclic amines) is 1. The highest BCUT2D eigenvalue weighted by Crippen LogP contribution is 2.31. The maximum Gasteiger partial charge on any atom is 0.407 e. The van der Waals surface area contributed by atoms with Crippen LogP contribution in [0, 0.1) is 0 Å². The normalized spacial score (nSPS) is 19.7. The number of amides is 2. The Morgan fingerprint density at radius 2 is 1.92 bits per heavy atom. The van der Waals surface area contributed by atoms with Gasteiger partial charge in [0, 0.05) is 24.7 Å². The van der Waals surface area contributed by atoms with E-state index in [9.17, 15) is 9.59 Å². The van der Waals surface area contributed by atoms with E-state index in [4.69, 9.17) is 14.2 Å². The van der Waals surface area contributed by atoms with Crippen LogP contribution in [-0.2, 0) is 4.74 Å². The Kier molecular flexibility index (Phi) is 5.25. The molecule has 0 unspecified atom stereocenters. The lowest BCUT2D eigenvalue weighted by Crippen LogP contribution is -2.50. The first kappa shape index (κ1) is 18.4. The maximum absolute atomic E-state index is 12.8. The number of hydrogen-bond acceptors (Lipinski definition) is 5. The summed E-state index contributed by atoms with van der Waals surface area (Å²) in [6, 6.07) is 5.13. The Balaban J connectivity index is 1.62. The van der Waals surface area contributed by atoms with Gasteiger partial charge in [-0.05, 0) is 51.8 Å². The van der Waals surface area contributed by atoms with Gasteiger partial charge < -0.3 is 24.4 Å². The summed E-state index contributed by atoms with van der Waals surface area (Å²) < 4.78 is 16.3. The standard InChI is InChI=1S/C19H26N2O5/c1-19(2,3)26-18(23)20-14-5-4-8-21(12-14)17(22)13-6-7-15-16(11-13)25-10-9-24-15/h6-7,11,14H,4-5,8-10,12H2,1-3H3,(H,20,23)/t14-/m1/s1. The van der Waals surface area contributed by atoms with Gasteiger partial charge in [-0.25, -0.2) is 4.79 Å². The minimum Gasteiger partial charge on any atom is -0.486 e. The predicted octanol–water partition coefficient (Wildman–Crippen LogP) is 2.59. The van der Waals surface area contributed by atoms with Crippen molar-refractivity contribution in [1.82, 2.24) is 10.2 Å². The van der Waals surface area contributed by atoms with Crippen molar-refractivity contribution < 1.29 is 23.8 Å². The van der Waals surface area contributed by atoms with Crippen molar-refractivity contribution in [3.05, 3.63) is 23.8 Å². The summed E-state index contributed by atoms with van der Waals surface area (Å²) in [6.07, 6.45) is 1.21. The number of nitrogens with zero attached hydrogens (tertiary/aromatic N) is 1. The van der Waals surface area contributed by atoms with Crippen LogP contribution in [0.2, 0.25) is 0 Å². The van der Waals surface area contributed by atoms with Gasteiger partial charge in [0.15, 0.2) is 11.5 Å². The van der Waals surface area contributed by atoms with Crippen molar-refractivity contribution in [2.45, 2.75) is 45.3 Å². The highest BCUT2D eigenvalue weighted by molar-refractivity contribution is 5.95. The first-order chi connectivity index (χ1) is 12.3. The molecule has 1 aromatic carbocycles. The SMILES string of the molecule is CC(C)(C)OC(=O)N[C@@H]1CCCN(C(=O)c2ccc3c(c2)OCCO3)C1. The third-order valence-corrected chi connectivity index (χ3v) is 4.22. The highest BCUT2D eigenvalue weighted by atomic mass is 16.6. The summed E-state index contributed by atoms with van der Waals surface area (Å²) in [5.74, 6) is 1.19. The van der Waals surface area contributed by atoms with Crippen molar-refractivity contribution >= 4 is 12.0 Å². The zero-order valence-corrected chi connectivity index (χ0v) is 15.5. The number of ether oxygens (including phenoxy) is 3. The number of fused-ring (bicyclic) bond motifs is 1. The fraction of sp³-hybridized carbons (Fsp3) is 0.579. The summed E-state index contributed by atoms with van der Waals surface area (Å²) in [5.41, 5.74) is 0.0200. The molecule has 0 spiro atoms. The summed E-state index contributed by atoms with van der Waals surface area (Å²) in [4.78, 5) is 26.6. The third-order valence-electron chi connectivity index (χ3n) is 4.22. The Bertz CT molecular complexity index is 683. The molecule has 1 N–H and O–H groups in total. The number of rotatable bonds is 2. The molecule has 2 aliphatic heterocycles. The van der Waals surface area contributed by atoms with Crippen LogP contribution in [0.5, 0.6) is 11.5 Å². The predicted molar refractivity (Wildman–Crippen MR) is 95.7 cm³/mol. The lowest BCUT2D eigenvalue weighted by atomic mass is 10.0. The molecule has 26 heavy (non-hydrogen) atoms. The number of hydrogen-bond donors (Lipinski definition) is 1. The van der Waals surface area contributed by atoms with Gasteiger partial charge in [0.05, 0.1) is 0 Å². The number of nitrogens with one attached hydrogen (secondary N) is 1. The van der Waals surface area contributed by atoms with Gasteiger partial charge in [0.2, 0.25) is 0 Å². The van der Waals surface area contributed by atoms with Crippen LogP contribution in [0.3, 0.4) is 0 Å².